The van der Waals surface area contributed by atoms with E-state index in [0.717, 1.165) is 31.6 Å². The summed E-state index contributed by atoms with van der Waals surface area (Å²) in [6, 6.07) is 0. The lowest BCUT2D eigenvalue weighted by Gasteiger charge is -2.11. The van der Waals surface area contributed by atoms with Gasteiger partial charge in [0.1, 0.15) is 0 Å². The maximum Gasteiger partial charge on any atom is 0.306 e. The molecule has 1 rings (SSSR count). The molecule has 2 nitrogen and oxygen atoms in total. The molecule has 15 heavy (non-hydrogen) atoms. The molecule has 1 fully saturated rings. The average molecular weight is 212 g/mol. The molecule has 0 aliphatic heterocycles. The summed E-state index contributed by atoms with van der Waals surface area (Å²) >= 11 is 0. The molecule has 0 amide bonds. The molecule has 2 atom stereocenters. The topological polar surface area (TPSA) is 37.3 Å². The van der Waals surface area contributed by atoms with E-state index in [-0.39, 0.29) is 5.92 Å². The number of aliphatic carboxylic acids is 1. The average Bonchev–Trinajstić information content (AvgIpc) is 2.23. The smallest absolute Gasteiger partial charge is 0.306 e. The van der Waals surface area contributed by atoms with Crippen molar-refractivity contribution in [2.45, 2.75) is 64.7 Å². The minimum Gasteiger partial charge on any atom is -0.481 e. The minimum atomic E-state index is -0.581. The Bertz CT molecular complexity index is 189. The Kier molecular flexibility index (Phi) is 5.74. The predicted molar refractivity (Wildman–Crippen MR) is 61.8 cm³/mol. The highest BCUT2D eigenvalue weighted by Crippen LogP contribution is 2.23. The Balaban J connectivity index is 2.36. The van der Waals surface area contributed by atoms with Gasteiger partial charge in [0.05, 0.1) is 5.92 Å². The third kappa shape index (κ3) is 5.19. The van der Waals surface area contributed by atoms with Crippen molar-refractivity contribution in [1.82, 2.24) is 0 Å². The molecule has 0 aromatic carbocycles. The normalized spacial score (nSPS) is 30.5. The second-order valence-electron chi connectivity index (χ2n) is 5.06. The Morgan fingerprint density at radius 2 is 1.40 bits per heavy atom. The zero-order valence-corrected chi connectivity index (χ0v) is 9.87. The molecule has 1 N–H and O–H groups in total. The quantitative estimate of drug-likeness (QED) is 0.717. The fraction of sp³-hybridized carbons (Fsp3) is 0.923. The minimum absolute atomic E-state index is 0.0709. The number of rotatable bonds is 1. The highest BCUT2D eigenvalue weighted by molar-refractivity contribution is 5.69. The Hall–Kier alpha value is -0.530. The van der Waals surface area contributed by atoms with Crippen molar-refractivity contribution < 1.29 is 9.90 Å². The van der Waals surface area contributed by atoms with E-state index in [9.17, 15) is 4.79 Å². The molecule has 2 heteroatoms. The number of hydrogen-bond donors (Lipinski definition) is 1. The third-order valence-electron chi connectivity index (χ3n) is 3.60. The van der Waals surface area contributed by atoms with Crippen LogP contribution in [0, 0.1) is 11.8 Å². The van der Waals surface area contributed by atoms with Gasteiger partial charge in [-0.2, -0.15) is 0 Å². The lowest BCUT2D eigenvalue weighted by atomic mass is 9.95. The summed E-state index contributed by atoms with van der Waals surface area (Å²) in [5, 5.41) is 9.04. The van der Waals surface area contributed by atoms with E-state index >= 15 is 0 Å². The molecule has 1 aliphatic rings. The van der Waals surface area contributed by atoms with Crippen LogP contribution in [0.1, 0.15) is 64.7 Å². The molecule has 88 valence electrons. The van der Waals surface area contributed by atoms with E-state index in [4.69, 9.17) is 5.11 Å². The monoisotopic (exact) mass is 212 g/mol. The molecule has 0 aromatic heterocycles. The van der Waals surface area contributed by atoms with Crippen molar-refractivity contribution in [1.29, 1.82) is 0 Å². The summed E-state index contributed by atoms with van der Waals surface area (Å²) in [7, 11) is 0. The van der Waals surface area contributed by atoms with Crippen LogP contribution in [-0.2, 0) is 4.79 Å². The van der Waals surface area contributed by atoms with Crippen LogP contribution in [-0.4, -0.2) is 11.1 Å². The van der Waals surface area contributed by atoms with Gasteiger partial charge in [-0.1, -0.05) is 51.9 Å². The lowest BCUT2D eigenvalue weighted by molar-refractivity contribution is -0.142. The van der Waals surface area contributed by atoms with E-state index in [1.54, 1.807) is 0 Å². The van der Waals surface area contributed by atoms with E-state index < -0.39 is 5.97 Å². The molecule has 0 aromatic rings. The molecule has 0 radical (unpaired) electrons. The summed E-state index contributed by atoms with van der Waals surface area (Å²) in [5.74, 6) is 0.187. The van der Waals surface area contributed by atoms with Gasteiger partial charge < -0.3 is 5.11 Å². The van der Waals surface area contributed by atoms with Crippen LogP contribution in [0.25, 0.3) is 0 Å². The second-order valence-corrected chi connectivity index (χ2v) is 5.06. The van der Waals surface area contributed by atoms with Crippen LogP contribution in [0.2, 0.25) is 0 Å². The first-order chi connectivity index (χ1) is 7.20. The molecule has 0 spiro atoms. The van der Waals surface area contributed by atoms with Crippen LogP contribution in [0.5, 0.6) is 0 Å². The van der Waals surface area contributed by atoms with Gasteiger partial charge in [0.25, 0.3) is 0 Å². The van der Waals surface area contributed by atoms with Crippen LogP contribution < -0.4 is 0 Å². The molecule has 1 aliphatic carbocycles. The van der Waals surface area contributed by atoms with Gasteiger partial charge in [-0.15, -0.1) is 0 Å². The summed E-state index contributed by atoms with van der Waals surface area (Å²) < 4.78 is 0. The van der Waals surface area contributed by atoms with Crippen LogP contribution in [0.3, 0.4) is 0 Å². The lowest BCUT2D eigenvalue weighted by Crippen LogP contribution is -2.13. The number of carbonyl (C=O) groups is 1. The van der Waals surface area contributed by atoms with Gasteiger partial charge in [0, 0.05) is 0 Å². The van der Waals surface area contributed by atoms with E-state index in [2.05, 4.69) is 6.92 Å². The van der Waals surface area contributed by atoms with E-state index in [1.165, 1.54) is 32.1 Å². The fourth-order valence-electron chi connectivity index (χ4n) is 2.48. The van der Waals surface area contributed by atoms with Crippen LogP contribution >= 0.6 is 0 Å². The van der Waals surface area contributed by atoms with Gasteiger partial charge in [-0.25, -0.2) is 0 Å². The zero-order chi connectivity index (χ0) is 11.1. The van der Waals surface area contributed by atoms with Gasteiger partial charge >= 0.3 is 5.97 Å². The molecular formula is C13H24O2. The SMILES string of the molecule is CC1CCCCCC(C(=O)O)CCCC1. The summed E-state index contributed by atoms with van der Waals surface area (Å²) in [5.41, 5.74) is 0. The first-order valence-electron chi connectivity index (χ1n) is 6.43. The van der Waals surface area contributed by atoms with Gasteiger partial charge in [0.2, 0.25) is 0 Å². The predicted octanol–water partition coefficient (Wildman–Crippen LogP) is 3.85. The van der Waals surface area contributed by atoms with E-state index in [1.807, 2.05) is 0 Å². The number of carboxylic acids is 1. The molecule has 0 bridgehead atoms. The van der Waals surface area contributed by atoms with Crippen molar-refractivity contribution in [3.8, 4) is 0 Å². The van der Waals surface area contributed by atoms with Crippen molar-refractivity contribution >= 4 is 5.97 Å². The number of carboxylic acid groups (broad SMARTS) is 1. The van der Waals surface area contributed by atoms with Crippen molar-refractivity contribution in [2.24, 2.45) is 11.8 Å². The largest absolute Gasteiger partial charge is 0.481 e. The fourth-order valence-corrected chi connectivity index (χ4v) is 2.48. The van der Waals surface area contributed by atoms with Gasteiger partial charge in [-0.3, -0.25) is 4.79 Å². The maximum atomic E-state index is 11.0. The number of hydrogen-bond acceptors (Lipinski definition) is 1. The van der Waals surface area contributed by atoms with Crippen LogP contribution in [0.15, 0.2) is 0 Å². The van der Waals surface area contributed by atoms with Gasteiger partial charge in [-0.05, 0) is 18.8 Å². The first-order valence-corrected chi connectivity index (χ1v) is 6.43. The summed E-state index contributed by atoms with van der Waals surface area (Å²) in [6.07, 6.45) is 10.3. The zero-order valence-electron chi connectivity index (χ0n) is 9.87. The molecule has 1 saturated carbocycles. The molecule has 0 saturated heterocycles. The highest BCUT2D eigenvalue weighted by atomic mass is 16.4. The first kappa shape index (κ1) is 12.5. The Morgan fingerprint density at radius 1 is 0.933 bits per heavy atom. The third-order valence-corrected chi connectivity index (χ3v) is 3.60. The summed E-state index contributed by atoms with van der Waals surface area (Å²) in [6.45, 7) is 2.33. The van der Waals surface area contributed by atoms with Gasteiger partial charge in [0.15, 0.2) is 0 Å². The Labute approximate surface area is 93.1 Å². The van der Waals surface area contributed by atoms with E-state index in [0.29, 0.717) is 0 Å². The van der Waals surface area contributed by atoms with Crippen molar-refractivity contribution in [3.05, 3.63) is 0 Å². The molecular weight excluding hydrogens is 188 g/mol. The highest BCUT2D eigenvalue weighted by Gasteiger charge is 2.17. The van der Waals surface area contributed by atoms with Crippen molar-refractivity contribution in [3.63, 3.8) is 0 Å². The maximum absolute atomic E-state index is 11.0. The summed E-state index contributed by atoms with van der Waals surface area (Å²) in [4.78, 5) is 11.0. The Morgan fingerprint density at radius 3 is 2.00 bits per heavy atom. The second kappa shape index (κ2) is 6.86. The van der Waals surface area contributed by atoms with Crippen molar-refractivity contribution in [2.75, 3.05) is 0 Å². The standard InChI is InChI=1S/C13H24O2/c1-11-7-3-2-4-9-12(13(14)15)10-6-5-8-11/h11-12H,2-10H2,1H3,(H,14,15). The van der Waals surface area contributed by atoms with Crippen LogP contribution in [0.4, 0.5) is 0 Å². The molecule has 2 unspecified atom stereocenters. The molecule has 0 heterocycles.